The summed E-state index contributed by atoms with van der Waals surface area (Å²) < 4.78 is 10.9. The van der Waals surface area contributed by atoms with Gasteiger partial charge in [-0.3, -0.25) is 4.79 Å². The van der Waals surface area contributed by atoms with Crippen molar-refractivity contribution in [2.45, 2.75) is 25.4 Å². The van der Waals surface area contributed by atoms with E-state index in [1.165, 1.54) is 6.08 Å². The first-order valence-corrected chi connectivity index (χ1v) is 11.3. The van der Waals surface area contributed by atoms with Crippen molar-refractivity contribution in [2.75, 3.05) is 25.6 Å². The van der Waals surface area contributed by atoms with Gasteiger partial charge < -0.3 is 20.1 Å². The minimum absolute atomic E-state index is 0.146. The number of methoxy groups -OCH3 is 1. The molecule has 2 heterocycles. The van der Waals surface area contributed by atoms with E-state index in [4.69, 9.17) is 32.7 Å². The smallest absolute Gasteiger partial charge is 0.243 e. The van der Waals surface area contributed by atoms with Crippen molar-refractivity contribution >= 4 is 46.0 Å². The summed E-state index contributed by atoms with van der Waals surface area (Å²) >= 11 is 13.3. The van der Waals surface area contributed by atoms with E-state index in [-0.39, 0.29) is 18.0 Å². The van der Waals surface area contributed by atoms with Gasteiger partial charge in [-0.1, -0.05) is 42.8 Å². The average molecular weight is 487 g/mol. The van der Waals surface area contributed by atoms with Crippen LogP contribution in [-0.2, 0) is 16.0 Å². The van der Waals surface area contributed by atoms with Gasteiger partial charge in [-0.15, -0.1) is 0 Å². The number of ether oxygens (including phenoxy) is 2. The zero-order valence-corrected chi connectivity index (χ0v) is 19.8. The Hall–Kier alpha value is -2.87. The van der Waals surface area contributed by atoms with Crippen molar-refractivity contribution in [1.82, 2.24) is 15.3 Å². The van der Waals surface area contributed by atoms with Gasteiger partial charge in [-0.25, -0.2) is 9.97 Å². The molecule has 0 bridgehead atoms. The summed E-state index contributed by atoms with van der Waals surface area (Å²) in [6, 6.07) is 7.31. The van der Waals surface area contributed by atoms with Crippen LogP contribution in [-0.4, -0.2) is 48.3 Å². The van der Waals surface area contributed by atoms with E-state index < -0.39 is 0 Å². The number of carbonyl (C=O) groups excluding carboxylic acids is 1. The molecule has 4 rings (SSSR count). The maximum absolute atomic E-state index is 11.6. The molecule has 3 aromatic rings. The molecule has 1 aliphatic rings. The standard InChI is InChI=1S/C24H24Cl2N4O3/c1-4-13-9-19(32-3)23(26)21(22(13)25)14-6-7-16-15(8-14)10-27-24(29-16)30-18-12-33-11-17(18)28-20(31)5-2/h5-10,17-18H,2,4,11-12H2,1,3H3,(H,28,31)(H,27,29,30). The summed E-state index contributed by atoms with van der Waals surface area (Å²) in [7, 11) is 1.59. The number of benzene rings is 2. The Morgan fingerprint density at radius 1 is 1.27 bits per heavy atom. The first kappa shape index (κ1) is 23.3. The van der Waals surface area contributed by atoms with Gasteiger partial charge in [-0.2, -0.15) is 0 Å². The third-order valence-corrected chi connectivity index (χ3v) is 6.43. The molecular formula is C24H24Cl2N4O3. The van der Waals surface area contributed by atoms with Crippen LogP contribution in [0.4, 0.5) is 5.95 Å². The maximum Gasteiger partial charge on any atom is 0.243 e. The molecule has 9 heteroatoms. The minimum Gasteiger partial charge on any atom is -0.495 e. The van der Waals surface area contributed by atoms with Crippen LogP contribution < -0.4 is 15.4 Å². The second-order valence-electron chi connectivity index (χ2n) is 7.67. The van der Waals surface area contributed by atoms with Crippen LogP contribution in [0.15, 0.2) is 43.1 Å². The Morgan fingerprint density at radius 2 is 2.06 bits per heavy atom. The van der Waals surface area contributed by atoms with E-state index >= 15 is 0 Å². The summed E-state index contributed by atoms with van der Waals surface area (Å²) in [5.74, 6) is 0.792. The second kappa shape index (κ2) is 9.95. The van der Waals surface area contributed by atoms with Crippen molar-refractivity contribution in [3.8, 4) is 16.9 Å². The Morgan fingerprint density at radius 3 is 2.79 bits per heavy atom. The summed E-state index contributed by atoms with van der Waals surface area (Å²) in [5.41, 5.74) is 3.29. The number of hydrogen-bond donors (Lipinski definition) is 2. The first-order chi connectivity index (χ1) is 15.9. The number of nitrogens with zero attached hydrogens (tertiary/aromatic N) is 2. The van der Waals surface area contributed by atoms with Crippen molar-refractivity contribution in [1.29, 1.82) is 0 Å². The summed E-state index contributed by atoms with van der Waals surface area (Å²) in [6.45, 7) is 6.37. The van der Waals surface area contributed by atoms with Crippen molar-refractivity contribution in [3.63, 3.8) is 0 Å². The molecule has 2 unspecified atom stereocenters. The molecule has 1 aliphatic heterocycles. The lowest BCUT2D eigenvalue weighted by Gasteiger charge is -2.19. The van der Waals surface area contributed by atoms with E-state index in [1.54, 1.807) is 13.3 Å². The lowest BCUT2D eigenvalue weighted by Crippen LogP contribution is -2.45. The van der Waals surface area contributed by atoms with Gasteiger partial charge in [0.1, 0.15) is 5.75 Å². The molecule has 0 spiro atoms. The van der Waals surface area contributed by atoms with Crippen LogP contribution in [0.2, 0.25) is 10.0 Å². The molecule has 0 saturated carbocycles. The molecular weight excluding hydrogens is 463 g/mol. The number of fused-ring (bicyclic) bond motifs is 1. The molecule has 7 nitrogen and oxygen atoms in total. The topological polar surface area (TPSA) is 85.4 Å². The quantitative estimate of drug-likeness (QED) is 0.472. The molecule has 2 atom stereocenters. The van der Waals surface area contributed by atoms with Crippen LogP contribution >= 0.6 is 23.2 Å². The summed E-state index contributed by atoms with van der Waals surface area (Å²) in [4.78, 5) is 20.7. The number of aryl methyl sites for hydroxylation is 1. The molecule has 0 aliphatic carbocycles. The van der Waals surface area contributed by atoms with Crippen LogP contribution in [0.5, 0.6) is 5.75 Å². The number of rotatable bonds is 7. The van der Waals surface area contributed by atoms with Gasteiger partial charge in [0.15, 0.2) is 0 Å². The number of amides is 1. The van der Waals surface area contributed by atoms with Crippen LogP contribution in [0.3, 0.4) is 0 Å². The van der Waals surface area contributed by atoms with E-state index in [0.29, 0.717) is 35.0 Å². The molecule has 1 fully saturated rings. The highest BCUT2D eigenvalue weighted by molar-refractivity contribution is 6.40. The number of carbonyl (C=O) groups is 1. The van der Waals surface area contributed by atoms with Gasteiger partial charge in [0.2, 0.25) is 11.9 Å². The predicted octanol–water partition coefficient (Wildman–Crippen LogP) is 4.66. The van der Waals surface area contributed by atoms with Crippen LogP contribution in [0.1, 0.15) is 12.5 Å². The fourth-order valence-corrected chi connectivity index (χ4v) is 4.60. The molecule has 2 N–H and O–H groups in total. The maximum atomic E-state index is 11.6. The van der Waals surface area contributed by atoms with Crippen molar-refractivity contribution in [2.24, 2.45) is 0 Å². The normalized spacial score (nSPS) is 17.7. The number of hydrogen-bond acceptors (Lipinski definition) is 6. The Balaban J connectivity index is 1.63. The molecule has 1 amide bonds. The fourth-order valence-electron chi connectivity index (χ4n) is 3.83. The van der Waals surface area contributed by atoms with Gasteiger partial charge >= 0.3 is 0 Å². The molecule has 0 radical (unpaired) electrons. The van der Waals surface area contributed by atoms with Gasteiger partial charge in [0.25, 0.3) is 0 Å². The second-order valence-corrected chi connectivity index (χ2v) is 8.43. The van der Waals surface area contributed by atoms with Gasteiger partial charge in [-0.05, 0) is 41.8 Å². The highest BCUT2D eigenvalue weighted by atomic mass is 35.5. The van der Waals surface area contributed by atoms with Crippen molar-refractivity contribution < 1.29 is 14.3 Å². The first-order valence-electron chi connectivity index (χ1n) is 10.5. The molecule has 2 aromatic carbocycles. The molecule has 1 aromatic heterocycles. The number of halogens is 2. The van der Waals surface area contributed by atoms with Crippen molar-refractivity contribution in [3.05, 3.63) is 58.7 Å². The Kier molecular flexibility index (Phi) is 7.02. The summed E-state index contributed by atoms with van der Waals surface area (Å²) in [5, 5.41) is 8.02. The monoisotopic (exact) mass is 486 g/mol. The molecule has 33 heavy (non-hydrogen) atoms. The zero-order valence-electron chi connectivity index (χ0n) is 18.3. The Labute approximate surface area is 202 Å². The lowest BCUT2D eigenvalue weighted by molar-refractivity contribution is -0.117. The summed E-state index contributed by atoms with van der Waals surface area (Å²) in [6.07, 6.45) is 3.73. The number of anilines is 1. The number of nitrogens with one attached hydrogen (secondary N) is 2. The zero-order chi connectivity index (χ0) is 23.5. The van der Waals surface area contributed by atoms with E-state index in [1.807, 2.05) is 31.2 Å². The third kappa shape index (κ3) is 4.76. The van der Waals surface area contributed by atoms with E-state index in [0.717, 1.165) is 34.0 Å². The van der Waals surface area contributed by atoms with E-state index in [2.05, 4.69) is 27.2 Å². The van der Waals surface area contributed by atoms with Crippen LogP contribution in [0.25, 0.3) is 22.0 Å². The van der Waals surface area contributed by atoms with Gasteiger partial charge in [0, 0.05) is 17.1 Å². The van der Waals surface area contributed by atoms with Crippen LogP contribution in [0, 0.1) is 0 Å². The molecule has 1 saturated heterocycles. The highest BCUT2D eigenvalue weighted by Gasteiger charge is 2.29. The van der Waals surface area contributed by atoms with E-state index in [9.17, 15) is 4.79 Å². The molecule has 172 valence electrons. The largest absolute Gasteiger partial charge is 0.495 e. The third-order valence-electron chi connectivity index (χ3n) is 5.62. The average Bonchev–Trinajstić information content (AvgIpc) is 3.25. The lowest BCUT2D eigenvalue weighted by atomic mass is 9.99. The van der Waals surface area contributed by atoms with Gasteiger partial charge in [0.05, 0.1) is 48.0 Å². The highest BCUT2D eigenvalue weighted by Crippen LogP contribution is 2.43. The number of aromatic nitrogens is 2. The SMILES string of the molecule is C=CC(=O)NC1COCC1Nc1ncc2cc(-c3c(Cl)c(CC)cc(OC)c3Cl)ccc2n1. The fraction of sp³-hybridized carbons (Fsp3) is 0.292. The Bertz CT molecular complexity index is 1190. The minimum atomic E-state index is -0.245. The predicted molar refractivity (Wildman–Crippen MR) is 131 cm³/mol.